The molecule has 1 aromatic rings. The largest absolute Gasteiger partial charge is 0.501 e. The molecule has 0 aliphatic carbocycles. The van der Waals surface area contributed by atoms with E-state index in [1.54, 1.807) is 0 Å². The Hall–Kier alpha value is -1.98. The van der Waals surface area contributed by atoms with Crippen molar-refractivity contribution < 1.29 is 28.2 Å². The second-order valence-electron chi connectivity index (χ2n) is 2.61. The van der Waals surface area contributed by atoms with Gasteiger partial charge in [0.15, 0.2) is 0 Å². The highest BCUT2D eigenvalue weighted by atomic mass is 19.3. The Kier molecular flexibility index (Phi) is 2.99. The summed E-state index contributed by atoms with van der Waals surface area (Å²) in [7, 11) is 0. The van der Waals surface area contributed by atoms with Crippen molar-refractivity contribution in [3.8, 4) is 5.75 Å². The molecule has 0 aromatic heterocycles. The topological polar surface area (TPSA) is 63.6 Å². The van der Waals surface area contributed by atoms with Crippen molar-refractivity contribution in [2.24, 2.45) is 0 Å². The maximum Gasteiger partial charge on any atom is 0.501 e. The zero-order valence-corrected chi connectivity index (χ0v) is 7.31. The average Bonchev–Trinajstić information content (AvgIpc) is 2.18. The minimum atomic E-state index is -4.28. The van der Waals surface area contributed by atoms with Gasteiger partial charge >= 0.3 is 12.1 Å². The van der Waals surface area contributed by atoms with Gasteiger partial charge in [0.1, 0.15) is 12.0 Å². The number of hydrogen-bond acceptors (Lipinski definition) is 3. The average molecular weight is 216 g/mol. The molecule has 1 N–H and O–H groups in total. The molecule has 0 heterocycles. The van der Waals surface area contributed by atoms with Crippen LogP contribution in [0.25, 0.3) is 0 Å². The molecule has 0 aliphatic rings. The van der Waals surface area contributed by atoms with Crippen LogP contribution in [0.3, 0.4) is 0 Å². The molecule has 1 aromatic carbocycles. The van der Waals surface area contributed by atoms with E-state index >= 15 is 0 Å². The highest BCUT2D eigenvalue weighted by Gasteiger charge is 2.42. The van der Waals surface area contributed by atoms with E-state index in [1.807, 2.05) is 0 Å². The zero-order valence-electron chi connectivity index (χ0n) is 7.31. The maximum absolute atomic E-state index is 12.5. The lowest BCUT2D eigenvalue weighted by molar-refractivity contribution is -0.210. The molecule has 80 valence electrons. The van der Waals surface area contributed by atoms with E-state index in [-0.39, 0.29) is 11.3 Å². The third kappa shape index (κ3) is 2.73. The molecule has 0 unspecified atom stereocenters. The van der Waals surface area contributed by atoms with Gasteiger partial charge in [0, 0.05) is 5.56 Å². The van der Waals surface area contributed by atoms with Crippen molar-refractivity contribution in [2.75, 3.05) is 0 Å². The van der Waals surface area contributed by atoms with Crippen LogP contribution >= 0.6 is 0 Å². The van der Waals surface area contributed by atoms with Gasteiger partial charge in [-0.25, -0.2) is 4.79 Å². The smallest absolute Gasteiger partial charge is 0.474 e. The Bertz CT molecular complexity index is 372. The number of rotatable bonds is 4. The Balaban J connectivity index is 2.81. The fourth-order valence-corrected chi connectivity index (χ4v) is 0.806. The lowest BCUT2D eigenvalue weighted by Crippen LogP contribution is -2.34. The predicted molar refractivity (Wildman–Crippen MR) is 45.0 cm³/mol. The molecule has 0 saturated heterocycles. The number of halogens is 2. The number of hydrogen-bond donors (Lipinski definition) is 1. The quantitative estimate of drug-likeness (QED) is 0.775. The summed E-state index contributed by atoms with van der Waals surface area (Å²) >= 11 is 0. The van der Waals surface area contributed by atoms with Gasteiger partial charge in [-0.05, 0) is 24.3 Å². The van der Waals surface area contributed by atoms with Crippen LogP contribution in [0.2, 0.25) is 0 Å². The van der Waals surface area contributed by atoms with Crippen LogP contribution in [0.1, 0.15) is 10.4 Å². The second-order valence-corrected chi connectivity index (χ2v) is 2.61. The van der Waals surface area contributed by atoms with Crippen LogP contribution in [0.15, 0.2) is 24.3 Å². The molecule has 0 atom stereocenters. The molecule has 0 bridgehead atoms. The number of carboxylic acid groups (broad SMARTS) is 1. The Morgan fingerprint density at radius 3 is 2.27 bits per heavy atom. The summed E-state index contributed by atoms with van der Waals surface area (Å²) in [6, 6.07) is 4.64. The van der Waals surface area contributed by atoms with Crippen LogP contribution < -0.4 is 4.74 Å². The summed E-state index contributed by atoms with van der Waals surface area (Å²) in [5.41, 5.74) is 0.279. The van der Waals surface area contributed by atoms with Crippen molar-refractivity contribution in [1.29, 1.82) is 0 Å². The van der Waals surface area contributed by atoms with Crippen LogP contribution in [-0.2, 0) is 4.79 Å². The second kappa shape index (κ2) is 4.04. The SMILES string of the molecule is O=Cc1ccc(OC(F)(F)C(=O)O)cc1. The molecular weight excluding hydrogens is 210 g/mol. The lowest BCUT2D eigenvalue weighted by Gasteiger charge is -2.12. The highest BCUT2D eigenvalue weighted by molar-refractivity contribution is 5.75. The molecule has 0 saturated carbocycles. The van der Waals surface area contributed by atoms with E-state index in [2.05, 4.69) is 4.74 Å². The summed E-state index contributed by atoms with van der Waals surface area (Å²) in [5.74, 6) is -2.70. The van der Waals surface area contributed by atoms with Crippen LogP contribution in [0, 0.1) is 0 Å². The van der Waals surface area contributed by atoms with Gasteiger partial charge in [-0.15, -0.1) is 0 Å². The van der Waals surface area contributed by atoms with Crippen molar-refractivity contribution in [1.82, 2.24) is 0 Å². The van der Waals surface area contributed by atoms with Gasteiger partial charge in [0.05, 0.1) is 0 Å². The first-order chi connectivity index (χ1) is 6.95. The summed E-state index contributed by atoms with van der Waals surface area (Å²) < 4.78 is 29.0. The number of aliphatic carboxylic acids is 1. The fraction of sp³-hybridized carbons (Fsp3) is 0.111. The first kappa shape index (κ1) is 11.1. The van der Waals surface area contributed by atoms with Crippen molar-refractivity contribution >= 4 is 12.3 Å². The van der Waals surface area contributed by atoms with Gasteiger partial charge in [-0.1, -0.05) is 0 Å². The third-order valence-electron chi connectivity index (χ3n) is 1.51. The van der Waals surface area contributed by atoms with Crippen LogP contribution in [0.4, 0.5) is 8.78 Å². The Morgan fingerprint density at radius 1 is 1.33 bits per heavy atom. The third-order valence-corrected chi connectivity index (χ3v) is 1.51. The predicted octanol–water partition coefficient (Wildman–Crippen LogP) is 1.56. The van der Waals surface area contributed by atoms with E-state index in [9.17, 15) is 18.4 Å². The first-order valence-corrected chi connectivity index (χ1v) is 3.81. The number of carboxylic acids is 1. The molecule has 0 spiro atoms. The molecule has 1 rings (SSSR count). The fourth-order valence-electron chi connectivity index (χ4n) is 0.806. The first-order valence-electron chi connectivity index (χ1n) is 3.81. The number of aldehydes is 1. The van der Waals surface area contributed by atoms with E-state index < -0.39 is 12.1 Å². The van der Waals surface area contributed by atoms with Gasteiger partial charge in [-0.3, -0.25) is 4.79 Å². The normalized spacial score (nSPS) is 10.8. The number of carbonyl (C=O) groups excluding carboxylic acids is 1. The van der Waals surface area contributed by atoms with E-state index in [0.717, 1.165) is 12.1 Å². The van der Waals surface area contributed by atoms with E-state index in [4.69, 9.17) is 5.11 Å². The van der Waals surface area contributed by atoms with Crippen LogP contribution in [0.5, 0.6) is 5.75 Å². The number of carbonyl (C=O) groups is 2. The molecular formula is C9H6F2O4. The van der Waals surface area contributed by atoms with Gasteiger partial charge in [0.2, 0.25) is 0 Å². The number of ether oxygens (including phenoxy) is 1. The minimum Gasteiger partial charge on any atom is -0.474 e. The molecule has 6 heteroatoms. The number of alkyl halides is 2. The van der Waals surface area contributed by atoms with Crippen molar-refractivity contribution in [3.05, 3.63) is 29.8 Å². The molecule has 0 fully saturated rings. The Morgan fingerprint density at radius 2 is 1.87 bits per heavy atom. The number of benzene rings is 1. The van der Waals surface area contributed by atoms with Crippen LogP contribution in [-0.4, -0.2) is 23.5 Å². The van der Waals surface area contributed by atoms with Gasteiger partial charge in [-0.2, -0.15) is 8.78 Å². The van der Waals surface area contributed by atoms with Gasteiger partial charge < -0.3 is 9.84 Å². The molecule has 0 amide bonds. The standard InChI is InChI=1S/C9H6F2O4/c10-9(11,8(13)14)15-7-3-1-6(5-12)2-4-7/h1-5H,(H,13,14). The van der Waals surface area contributed by atoms with Crippen molar-refractivity contribution in [2.45, 2.75) is 6.11 Å². The Labute approximate surface area is 83.1 Å². The van der Waals surface area contributed by atoms with E-state index in [1.165, 1.54) is 12.1 Å². The molecule has 0 aliphatic heterocycles. The zero-order chi connectivity index (χ0) is 11.5. The summed E-state index contributed by atoms with van der Waals surface area (Å²) in [4.78, 5) is 20.2. The molecule has 4 nitrogen and oxygen atoms in total. The van der Waals surface area contributed by atoms with Gasteiger partial charge in [0.25, 0.3) is 0 Å². The molecule has 0 radical (unpaired) electrons. The summed E-state index contributed by atoms with van der Waals surface area (Å²) in [5, 5.41) is 8.07. The highest BCUT2D eigenvalue weighted by Crippen LogP contribution is 2.21. The minimum absolute atomic E-state index is 0.279. The summed E-state index contributed by atoms with van der Waals surface area (Å²) in [6.07, 6.45) is -3.75. The van der Waals surface area contributed by atoms with Crippen molar-refractivity contribution in [3.63, 3.8) is 0 Å². The monoisotopic (exact) mass is 216 g/mol. The lowest BCUT2D eigenvalue weighted by atomic mass is 10.2. The summed E-state index contributed by atoms with van der Waals surface area (Å²) in [6.45, 7) is 0. The molecule has 15 heavy (non-hydrogen) atoms. The maximum atomic E-state index is 12.5. The van der Waals surface area contributed by atoms with E-state index in [0.29, 0.717) is 6.29 Å².